The van der Waals surface area contributed by atoms with Crippen LogP contribution in [0.4, 0.5) is 0 Å². The first-order valence-electron chi connectivity index (χ1n) is 8.66. The van der Waals surface area contributed by atoms with Crippen LogP contribution in [-0.4, -0.2) is 22.5 Å². The summed E-state index contributed by atoms with van der Waals surface area (Å²) >= 11 is 7.48. The average Bonchev–Trinajstić information content (AvgIpc) is 3.22. The summed E-state index contributed by atoms with van der Waals surface area (Å²) in [4.78, 5) is 15.7. The van der Waals surface area contributed by atoms with E-state index in [2.05, 4.69) is 5.16 Å². The van der Waals surface area contributed by atoms with E-state index in [1.165, 1.54) is 11.3 Å². The zero-order valence-corrected chi connectivity index (χ0v) is 17.1. The predicted molar refractivity (Wildman–Crippen MR) is 106 cm³/mol. The predicted octanol–water partition coefficient (Wildman–Crippen LogP) is 5.25. The lowest BCUT2D eigenvalue weighted by molar-refractivity contribution is 0.0753. The Labute approximate surface area is 167 Å². The second-order valence-electron chi connectivity index (χ2n) is 6.14. The maximum absolute atomic E-state index is 12.9. The Morgan fingerprint density at radius 3 is 2.74 bits per heavy atom. The van der Waals surface area contributed by atoms with Crippen LogP contribution in [0.3, 0.4) is 0 Å². The standard InChI is InChI=1S/C20H21ClN2O3S/c1-4-23(11-17-8-9-19(21)27-17)20(24)15-6-5-7-16(10-15)25-12-18-13(2)22-26-14(18)3/h5-10H,4,11-12H2,1-3H3. The molecule has 0 fully saturated rings. The van der Waals surface area contributed by atoms with Gasteiger partial charge in [-0.3, -0.25) is 4.79 Å². The minimum absolute atomic E-state index is 0.0372. The van der Waals surface area contributed by atoms with E-state index in [1.54, 1.807) is 17.0 Å². The van der Waals surface area contributed by atoms with Crippen LogP contribution in [-0.2, 0) is 13.2 Å². The van der Waals surface area contributed by atoms with Crippen molar-refractivity contribution in [3.05, 3.63) is 68.2 Å². The van der Waals surface area contributed by atoms with Gasteiger partial charge in [0.05, 0.1) is 22.1 Å². The fourth-order valence-corrected chi connectivity index (χ4v) is 3.82. The minimum atomic E-state index is -0.0372. The molecule has 7 heteroatoms. The van der Waals surface area contributed by atoms with E-state index in [0.717, 1.165) is 26.2 Å². The molecular formula is C20H21ClN2O3S. The Morgan fingerprint density at radius 1 is 1.30 bits per heavy atom. The van der Waals surface area contributed by atoms with Gasteiger partial charge in [0.1, 0.15) is 18.1 Å². The van der Waals surface area contributed by atoms with Crippen LogP contribution in [0.1, 0.15) is 39.2 Å². The normalized spacial score (nSPS) is 10.8. The summed E-state index contributed by atoms with van der Waals surface area (Å²) in [5.74, 6) is 1.34. The lowest BCUT2D eigenvalue weighted by atomic mass is 10.1. The van der Waals surface area contributed by atoms with E-state index in [4.69, 9.17) is 20.9 Å². The molecule has 0 radical (unpaired) electrons. The summed E-state index contributed by atoms with van der Waals surface area (Å²) < 4.78 is 11.7. The molecule has 0 aliphatic carbocycles. The zero-order chi connectivity index (χ0) is 19.4. The molecule has 0 saturated heterocycles. The van der Waals surface area contributed by atoms with Crippen molar-refractivity contribution in [1.82, 2.24) is 10.1 Å². The van der Waals surface area contributed by atoms with E-state index in [0.29, 0.717) is 31.0 Å². The van der Waals surface area contributed by atoms with E-state index < -0.39 is 0 Å². The topological polar surface area (TPSA) is 55.6 Å². The fourth-order valence-electron chi connectivity index (χ4n) is 2.72. The molecule has 0 aliphatic heterocycles. The van der Waals surface area contributed by atoms with Crippen LogP contribution in [0, 0.1) is 13.8 Å². The molecule has 1 aromatic carbocycles. The summed E-state index contributed by atoms with van der Waals surface area (Å²) in [6.45, 7) is 7.20. The Morgan fingerprint density at radius 2 is 2.11 bits per heavy atom. The van der Waals surface area contributed by atoms with Crippen molar-refractivity contribution >= 4 is 28.8 Å². The molecule has 0 saturated carbocycles. The van der Waals surface area contributed by atoms with Crippen LogP contribution in [0.25, 0.3) is 0 Å². The van der Waals surface area contributed by atoms with E-state index >= 15 is 0 Å². The van der Waals surface area contributed by atoms with Crippen LogP contribution in [0.15, 0.2) is 40.9 Å². The first-order chi connectivity index (χ1) is 13.0. The summed E-state index contributed by atoms with van der Waals surface area (Å²) in [5, 5.41) is 3.93. The van der Waals surface area contributed by atoms with Crippen LogP contribution in [0.2, 0.25) is 4.34 Å². The van der Waals surface area contributed by atoms with Gasteiger partial charge in [-0.2, -0.15) is 0 Å². The van der Waals surface area contributed by atoms with Gasteiger partial charge in [-0.05, 0) is 51.1 Å². The van der Waals surface area contributed by atoms with Crippen molar-refractivity contribution in [3.63, 3.8) is 0 Å². The molecular weight excluding hydrogens is 384 g/mol. The molecule has 2 aromatic heterocycles. The molecule has 0 N–H and O–H groups in total. The van der Waals surface area contributed by atoms with Crippen LogP contribution in [0.5, 0.6) is 5.75 Å². The van der Waals surface area contributed by atoms with Gasteiger partial charge in [0, 0.05) is 17.0 Å². The highest BCUT2D eigenvalue weighted by molar-refractivity contribution is 7.16. The molecule has 0 atom stereocenters. The average molecular weight is 405 g/mol. The lowest BCUT2D eigenvalue weighted by Crippen LogP contribution is -2.29. The second kappa shape index (κ2) is 8.59. The third-order valence-electron chi connectivity index (χ3n) is 4.29. The third-order valence-corrected chi connectivity index (χ3v) is 5.51. The maximum atomic E-state index is 12.9. The molecule has 2 heterocycles. The highest BCUT2D eigenvalue weighted by Crippen LogP contribution is 2.24. The molecule has 0 aliphatic rings. The van der Waals surface area contributed by atoms with E-state index in [1.807, 2.05) is 45.0 Å². The highest BCUT2D eigenvalue weighted by atomic mass is 35.5. The van der Waals surface area contributed by atoms with Gasteiger partial charge in [-0.25, -0.2) is 0 Å². The van der Waals surface area contributed by atoms with Crippen molar-refractivity contribution in [2.24, 2.45) is 0 Å². The molecule has 0 bridgehead atoms. The Hall–Kier alpha value is -2.31. The van der Waals surface area contributed by atoms with Crippen molar-refractivity contribution < 1.29 is 14.1 Å². The van der Waals surface area contributed by atoms with Crippen molar-refractivity contribution in [3.8, 4) is 5.75 Å². The van der Waals surface area contributed by atoms with Crippen molar-refractivity contribution in [2.45, 2.75) is 33.9 Å². The summed E-state index contributed by atoms with van der Waals surface area (Å²) in [6.07, 6.45) is 0. The molecule has 0 unspecified atom stereocenters. The van der Waals surface area contributed by atoms with Crippen LogP contribution < -0.4 is 4.74 Å². The Kier molecular flexibility index (Phi) is 6.19. The molecule has 3 aromatic rings. The monoisotopic (exact) mass is 404 g/mol. The van der Waals surface area contributed by atoms with Crippen molar-refractivity contribution in [1.29, 1.82) is 0 Å². The molecule has 27 heavy (non-hydrogen) atoms. The largest absolute Gasteiger partial charge is 0.489 e. The Balaban J connectivity index is 1.70. The van der Waals surface area contributed by atoms with E-state index in [9.17, 15) is 4.79 Å². The number of rotatable bonds is 7. The van der Waals surface area contributed by atoms with Crippen molar-refractivity contribution in [2.75, 3.05) is 6.54 Å². The number of amides is 1. The number of nitrogens with zero attached hydrogens (tertiary/aromatic N) is 2. The number of carbonyl (C=O) groups excluding carboxylic acids is 1. The first-order valence-corrected chi connectivity index (χ1v) is 9.85. The van der Waals surface area contributed by atoms with Gasteiger partial charge in [0.15, 0.2) is 0 Å². The number of aryl methyl sites for hydroxylation is 2. The number of hydrogen-bond donors (Lipinski definition) is 0. The van der Waals surface area contributed by atoms with Gasteiger partial charge in [-0.15, -0.1) is 11.3 Å². The van der Waals surface area contributed by atoms with Gasteiger partial charge in [0.25, 0.3) is 5.91 Å². The SMILES string of the molecule is CCN(Cc1ccc(Cl)s1)C(=O)c1cccc(OCc2c(C)noc2C)c1. The molecule has 142 valence electrons. The first kappa shape index (κ1) is 19.5. The van der Waals surface area contributed by atoms with Gasteiger partial charge in [0.2, 0.25) is 0 Å². The van der Waals surface area contributed by atoms with Gasteiger partial charge in [-0.1, -0.05) is 22.8 Å². The molecule has 0 spiro atoms. The number of halogens is 1. The molecule has 5 nitrogen and oxygen atoms in total. The summed E-state index contributed by atoms with van der Waals surface area (Å²) in [7, 11) is 0. The van der Waals surface area contributed by atoms with Gasteiger partial charge >= 0.3 is 0 Å². The van der Waals surface area contributed by atoms with E-state index in [-0.39, 0.29) is 5.91 Å². The molecule has 3 rings (SSSR count). The zero-order valence-electron chi connectivity index (χ0n) is 15.5. The third kappa shape index (κ3) is 4.70. The van der Waals surface area contributed by atoms with Gasteiger partial charge < -0.3 is 14.2 Å². The van der Waals surface area contributed by atoms with Crippen LogP contribution >= 0.6 is 22.9 Å². The number of ether oxygens (including phenoxy) is 1. The minimum Gasteiger partial charge on any atom is -0.489 e. The summed E-state index contributed by atoms with van der Waals surface area (Å²) in [5.41, 5.74) is 2.33. The number of aromatic nitrogens is 1. The Bertz CT molecular complexity index is 915. The number of hydrogen-bond acceptors (Lipinski definition) is 5. The summed E-state index contributed by atoms with van der Waals surface area (Å²) in [6, 6.07) is 11.0. The number of benzene rings is 1. The number of carbonyl (C=O) groups is 1. The smallest absolute Gasteiger partial charge is 0.254 e. The number of thiophene rings is 1. The second-order valence-corrected chi connectivity index (χ2v) is 7.94. The maximum Gasteiger partial charge on any atom is 0.254 e. The lowest BCUT2D eigenvalue weighted by Gasteiger charge is -2.20. The molecule has 1 amide bonds. The fraction of sp³-hybridized carbons (Fsp3) is 0.300. The quantitative estimate of drug-likeness (QED) is 0.539. The highest BCUT2D eigenvalue weighted by Gasteiger charge is 2.16.